The van der Waals surface area contributed by atoms with E-state index in [1.807, 2.05) is 4.90 Å². The maximum absolute atomic E-state index is 11.9. The number of carboxylic acid groups (broad SMARTS) is 1. The zero-order valence-corrected chi connectivity index (χ0v) is 12.8. The zero-order valence-electron chi connectivity index (χ0n) is 11.9. The Morgan fingerprint density at radius 3 is 2.43 bits per heavy atom. The Morgan fingerprint density at radius 1 is 1.33 bits per heavy atom. The Balaban J connectivity index is 2.14. The quantitative estimate of drug-likeness (QED) is 0.758. The molecule has 1 aliphatic rings. The highest BCUT2D eigenvalue weighted by Crippen LogP contribution is 2.32. The molecule has 0 unspecified atom stereocenters. The Morgan fingerprint density at radius 2 is 1.95 bits per heavy atom. The summed E-state index contributed by atoms with van der Waals surface area (Å²) in [6.07, 6.45) is 2.18. The van der Waals surface area contributed by atoms with E-state index in [1.165, 1.54) is 0 Å². The number of carboxylic acids is 1. The van der Waals surface area contributed by atoms with Crippen LogP contribution in [-0.4, -0.2) is 38.6 Å². The summed E-state index contributed by atoms with van der Waals surface area (Å²) in [5.74, 6) is -0.827. The van der Waals surface area contributed by atoms with Gasteiger partial charge in [-0.1, -0.05) is 6.92 Å². The molecule has 0 aromatic heterocycles. The molecule has 21 heavy (non-hydrogen) atoms. The van der Waals surface area contributed by atoms with Gasteiger partial charge in [0, 0.05) is 24.8 Å². The van der Waals surface area contributed by atoms with Gasteiger partial charge in [0.1, 0.15) is 0 Å². The SMILES string of the molecule is CCNS(=O)(=O)c1ccc(N(CCC(=O)O)C2CC2)cc1. The third kappa shape index (κ3) is 4.18. The van der Waals surface area contributed by atoms with Crippen molar-refractivity contribution in [3.05, 3.63) is 24.3 Å². The van der Waals surface area contributed by atoms with E-state index in [0.717, 1.165) is 18.5 Å². The summed E-state index contributed by atoms with van der Waals surface area (Å²) in [5.41, 5.74) is 0.870. The second-order valence-corrected chi connectivity index (χ2v) is 6.83. The van der Waals surface area contributed by atoms with E-state index in [4.69, 9.17) is 5.11 Å². The number of nitrogens with one attached hydrogen (secondary N) is 1. The summed E-state index contributed by atoms with van der Waals surface area (Å²) in [7, 11) is -3.45. The van der Waals surface area contributed by atoms with Gasteiger partial charge in [-0.05, 0) is 37.1 Å². The Hall–Kier alpha value is -1.60. The topological polar surface area (TPSA) is 86.7 Å². The highest BCUT2D eigenvalue weighted by Gasteiger charge is 2.29. The van der Waals surface area contributed by atoms with Gasteiger partial charge < -0.3 is 10.0 Å². The van der Waals surface area contributed by atoms with Gasteiger partial charge >= 0.3 is 5.97 Å². The highest BCUT2D eigenvalue weighted by atomic mass is 32.2. The first-order valence-electron chi connectivity index (χ1n) is 7.02. The van der Waals surface area contributed by atoms with Crippen LogP contribution < -0.4 is 9.62 Å². The summed E-state index contributed by atoms with van der Waals surface area (Å²) in [6, 6.07) is 6.97. The van der Waals surface area contributed by atoms with E-state index in [0.29, 0.717) is 19.1 Å². The molecule has 116 valence electrons. The maximum atomic E-state index is 11.9. The number of benzene rings is 1. The van der Waals surface area contributed by atoms with E-state index >= 15 is 0 Å². The number of aliphatic carboxylic acids is 1. The van der Waals surface area contributed by atoms with E-state index in [1.54, 1.807) is 31.2 Å². The van der Waals surface area contributed by atoms with E-state index in [-0.39, 0.29) is 11.3 Å². The minimum atomic E-state index is -3.45. The molecule has 1 aromatic rings. The molecule has 6 nitrogen and oxygen atoms in total. The molecule has 0 radical (unpaired) electrons. The van der Waals surface area contributed by atoms with Gasteiger partial charge in [-0.2, -0.15) is 0 Å². The van der Waals surface area contributed by atoms with Crippen LogP contribution in [0.3, 0.4) is 0 Å². The van der Waals surface area contributed by atoms with Gasteiger partial charge in [0.15, 0.2) is 0 Å². The maximum Gasteiger partial charge on any atom is 0.305 e. The molecule has 1 aromatic carbocycles. The predicted molar refractivity (Wildman–Crippen MR) is 79.9 cm³/mol. The number of sulfonamides is 1. The van der Waals surface area contributed by atoms with Gasteiger partial charge in [0.2, 0.25) is 10.0 Å². The molecule has 0 aliphatic heterocycles. The molecule has 1 saturated carbocycles. The van der Waals surface area contributed by atoms with Crippen LogP contribution in [0.15, 0.2) is 29.2 Å². The van der Waals surface area contributed by atoms with Crippen molar-refractivity contribution in [2.75, 3.05) is 18.0 Å². The molecule has 0 saturated heterocycles. The van der Waals surface area contributed by atoms with E-state index < -0.39 is 16.0 Å². The Labute approximate surface area is 124 Å². The fourth-order valence-corrected chi connectivity index (χ4v) is 3.26. The summed E-state index contributed by atoms with van der Waals surface area (Å²) < 4.78 is 26.2. The smallest absolute Gasteiger partial charge is 0.305 e. The summed E-state index contributed by atoms with van der Waals surface area (Å²) in [4.78, 5) is 13.0. The molecular formula is C14H20N2O4S. The average molecular weight is 312 g/mol. The first kappa shape index (κ1) is 15.8. The van der Waals surface area contributed by atoms with Gasteiger partial charge in [0.25, 0.3) is 0 Å². The lowest BCUT2D eigenvalue weighted by atomic mass is 10.2. The van der Waals surface area contributed by atoms with E-state index in [9.17, 15) is 13.2 Å². The number of rotatable bonds is 8. The van der Waals surface area contributed by atoms with Crippen molar-refractivity contribution in [1.82, 2.24) is 4.72 Å². The molecular weight excluding hydrogens is 292 g/mol. The number of hydrogen-bond donors (Lipinski definition) is 2. The lowest BCUT2D eigenvalue weighted by Gasteiger charge is -2.24. The third-order valence-electron chi connectivity index (χ3n) is 3.37. The average Bonchev–Trinajstić information content (AvgIpc) is 3.24. The molecule has 1 aliphatic carbocycles. The van der Waals surface area contributed by atoms with Crippen LogP contribution in [0.25, 0.3) is 0 Å². The van der Waals surface area contributed by atoms with Crippen molar-refractivity contribution in [3.8, 4) is 0 Å². The molecule has 2 rings (SSSR count). The van der Waals surface area contributed by atoms with Crippen molar-refractivity contribution in [1.29, 1.82) is 0 Å². The zero-order chi connectivity index (χ0) is 15.5. The van der Waals surface area contributed by atoms with Crippen LogP contribution in [0.1, 0.15) is 26.2 Å². The lowest BCUT2D eigenvalue weighted by molar-refractivity contribution is -0.136. The van der Waals surface area contributed by atoms with Gasteiger partial charge in [-0.15, -0.1) is 0 Å². The van der Waals surface area contributed by atoms with E-state index in [2.05, 4.69) is 4.72 Å². The second kappa shape index (κ2) is 6.44. The number of nitrogens with zero attached hydrogens (tertiary/aromatic N) is 1. The number of carbonyl (C=O) groups is 1. The molecule has 0 amide bonds. The van der Waals surface area contributed by atoms with Crippen molar-refractivity contribution >= 4 is 21.7 Å². The second-order valence-electron chi connectivity index (χ2n) is 5.06. The fourth-order valence-electron chi connectivity index (χ4n) is 2.21. The minimum Gasteiger partial charge on any atom is -0.481 e. The van der Waals surface area contributed by atoms with Crippen molar-refractivity contribution < 1.29 is 18.3 Å². The molecule has 2 N–H and O–H groups in total. The monoisotopic (exact) mass is 312 g/mol. The standard InChI is InChI=1S/C14H20N2O4S/c1-2-15-21(19,20)13-7-5-12(6-8-13)16(11-3-4-11)10-9-14(17)18/h5-8,11,15H,2-4,9-10H2,1H3,(H,17,18). The summed E-state index contributed by atoms with van der Waals surface area (Å²) >= 11 is 0. The summed E-state index contributed by atoms with van der Waals surface area (Å²) in [5, 5.41) is 8.81. The van der Waals surface area contributed by atoms with Crippen molar-refractivity contribution in [2.45, 2.75) is 37.1 Å². The fraction of sp³-hybridized carbons (Fsp3) is 0.500. The van der Waals surface area contributed by atoms with Crippen LogP contribution in [0.4, 0.5) is 5.69 Å². The largest absolute Gasteiger partial charge is 0.481 e. The minimum absolute atomic E-state index is 0.0773. The van der Waals surface area contributed by atoms with Gasteiger partial charge in [-0.3, -0.25) is 4.79 Å². The first-order valence-corrected chi connectivity index (χ1v) is 8.50. The van der Waals surface area contributed by atoms with Crippen LogP contribution in [0.5, 0.6) is 0 Å². The third-order valence-corrected chi connectivity index (χ3v) is 4.93. The lowest BCUT2D eigenvalue weighted by Crippen LogP contribution is -2.28. The number of hydrogen-bond acceptors (Lipinski definition) is 4. The molecule has 0 atom stereocenters. The normalized spacial score (nSPS) is 14.9. The first-order chi connectivity index (χ1) is 9.94. The molecule has 7 heteroatoms. The number of anilines is 1. The molecule has 0 heterocycles. The molecule has 0 bridgehead atoms. The predicted octanol–water partition coefficient (Wildman–Crippen LogP) is 1.43. The van der Waals surface area contributed by atoms with Crippen molar-refractivity contribution in [3.63, 3.8) is 0 Å². The van der Waals surface area contributed by atoms with Crippen LogP contribution in [0, 0.1) is 0 Å². The summed E-state index contributed by atoms with van der Waals surface area (Å²) in [6.45, 7) is 2.52. The van der Waals surface area contributed by atoms with Crippen LogP contribution >= 0.6 is 0 Å². The van der Waals surface area contributed by atoms with Gasteiger partial charge in [0.05, 0.1) is 11.3 Å². The highest BCUT2D eigenvalue weighted by molar-refractivity contribution is 7.89. The van der Waals surface area contributed by atoms with Crippen LogP contribution in [0.2, 0.25) is 0 Å². The van der Waals surface area contributed by atoms with Gasteiger partial charge in [-0.25, -0.2) is 13.1 Å². The van der Waals surface area contributed by atoms with Crippen LogP contribution in [-0.2, 0) is 14.8 Å². The Bertz CT molecular complexity index is 594. The molecule has 1 fully saturated rings. The Kier molecular flexibility index (Phi) is 4.84. The molecule has 0 spiro atoms. The van der Waals surface area contributed by atoms with Crippen molar-refractivity contribution in [2.24, 2.45) is 0 Å².